The van der Waals surface area contributed by atoms with Crippen LogP contribution >= 0.6 is 0 Å². The Labute approximate surface area is 119 Å². The van der Waals surface area contributed by atoms with Crippen LogP contribution in [0, 0.1) is 0 Å². The van der Waals surface area contributed by atoms with Crippen molar-refractivity contribution < 1.29 is 13.2 Å². The van der Waals surface area contributed by atoms with Crippen LogP contribution in [0.25, 0.3) is 0 Å². The zero-order chi connectivity index (χ0) is 14.6. The molecule has 110 valence electrons. The summed E-state index contributed by atoms with van der Waals surface area (Å²) in [6.07, 6.45) is 4.44. The summed E-state index contributed by atoms with van der Waals surface area (Å²) in [5.74, 6) is -0.164. The lowest BCUT2D eigenvalue weighted by Crippen LogP contribution is -2.30. The molecule has 6 heteroatoms. The standard InChI is InChI=1S/C14H20N2O3S/c1-20(18,19)13-6-4-11(5-7-13)14(17)16-10-8-12-3-2-9-15-12/h4-7,12,15H,2-3,8-10H2,1H3,(H,16,17). The molecule has 0 spiro atoms. The molecule has 1 heterocycles. The monoisotopic (exact) mass is 296 g/mol. The van der Waals surface area contributed by atoms with E-state index in [9.17, 15) is 13.2 Å². The molecule has 5 nitrogen and oxygen atoms in total. The Morgan fingerprint density at radius 3 is 2.60 bits per heavy atom. The summed E-state index contributed by atoms with van der Waals surface area (Å²) in [5, 5.41) is 6.23. The molecule has 0 radical (unpaired) electrons. The van der Waals surface area contributed by atoms with E-state index in [4.69, 9.17) is 0 Å². The lowest BCUT2D eigenvalue weighted by molar-refractivity contribution is 0.0952. The number of amides is 1. The Kier molecular flexibility index (Phi) is 4.77. The molecule has 1 aromatic rings. The number of nitrogens with one attached hydrogen (secondary N) is 2. The van der Waals surface area contributed by atoms with Crippen molar-refractivity contribution in [3.8, 4) is 0 Å². The second kappa shape index (κ2) is 6.37. The van der Waals surface area contributed by atoms with Gasteiger partial charge in [0, 0.05) is 24.4 Å². The normalized spacial score (nSPS) is 18.9. The third-order valence-electron chi connectivity index (χ3n) is 3.49. The van der Waals surface area contributed by atoms with Gasteiger partial charge in [-0.05, 0) is 50.1 Å². The molecule has 2 N–H and O–H groups in total. The zero-order valence-corrected chi connectivity index (χ0v) is 12.4. The average molecular weight is 296 g/mol. The number of hydrogen-bond donors (Lipinski definition) is 2. The molecular formula is C14H20N2O3S. The molecule has 1 aliphatic rings. The number of sulfone groups is 1. The van der Waals surface area contributed by atoms with Crippen LogP contribution in [0.2, 0.25) is 0 Å². The first kappa shape index (κ1) is 15.0. The SMILES string of the molecule is CS(=O)(=O)c1ccc(C(=O)NCCC2CCCN2)cc1. The van der Waals surface area contributed by atoms with Gasteiger partial charge in [-0.3, -0.25) is 4.79 Å². The summed E-state index contributed by atoms with van der Waals surface area (Å²) >= 11 is 0. The molecule has 2 rings (SSSR count). The van der Waals surface area contributed by atoms with Crippen molar-refractivity contribution in [1.29, 1.82) is 0 Å². The minimum Gasteiger partial charge on any atom is -0.352 e. The summed E-state index contributed by atoms with van der Waals surface area (Å²) in [7, 11) is -3.21. The lowest BCUT2D eigenvalue weighted by Gasteiger charge is -2.10. The summed E-state index contributed by atoms with van der Waals surface area (Å²) in [4.78, 5) is 12.1. The van der Waals surface area contributed by atoms with Crippen molar-refractivity contribution in [2.24, 2.45) is 0 Å². The van der Waals surface area contributed by atoms with Gasteiger partial charge in [-0.15, -0.1) is 0 Å². The molecule has 1 unspecified atom stereocenters. The minimum atomic E-state index is -3.21. The molecule has 0 bridgehead atoms. The maximum Gasteiger partial charge on any atom is 0.251 e. The molecule has 0 aromatic heterocycles. The highest BCUT2D eigenvalue weighted by Crippen LogP contribution is 2.11. The highest BCUT2D eigenvalue weighted by Gasteiger charge is 2.14. The van der Waals surface area contributed by atoms with Gasteiger partial charge in [0.15, 0.2) is 9.84 Å². The molecule has 1 saturated heterocycles. The van der Waals surface area contributed by atoms with Crippen molar-refractivity contribution in [2.75, 3.05) is 19.3 Å². The van der Waals surface area contributed by atoms with E-state index in [1.54, 1.807) is 12.1 Å². The van der Waals surface area contributed by atoms with Crippen molar-refractivity contribution in [3.63, 3.8) is 0 Å². The number of benzene rings is 1. The smallest absolute Gasteiger partial charge is 0.251 e. The van der Waals surface area contributed by atoms with Crippen molar-refractivity contribution in [3.05, 3.63) is 29.8 Å². The van der Waals surface area contributed by atoms with Gasteiger partial charge in [-0.1, -0.05) is 0 Å². The first-order valence-corrected chi connectivity index (χ1v) is 8.67. The topological polar surface area (TPSA) is 75.3 Å². The molecule has 1 aliphatic heterocycles. The second-order valence-corrected chi connectivity index (χ2v) is 7.15. The van der Waals surface area contributed by atoms with Crippen molar-refractivity contribution in [2.45, 2.75) is 30.2 Å². The number of rotatable bonds is 5. The van der Waals surface area contributed by atoms with E-state index in [0.29, 0.717) is 18.2 Å². The van der Waals surface area contributed by atoms with Crippen LogP contribution in [0.3, 0.4) is 0 Å². The van der Waals surface area contributed by atoms with Gasteiger partial charge in [0.05, 0.1) is 4.90 Å². The third kappa shape index (κ3) is 4.05. The van der Waals surface area contributed by atoms with Crippen LogP contribution in [0.15, 0.2) is 29.2 Å². The maximum absolute atomic E-state index is 11.9. The Balaban J connectivity index is 1.85. The van der Waals surface area contributed by atoms with Crippen LogP contribution in [0.1, 0.15) is 29.6 Å². The van der Waals surface area contributed by atoms with Crippen LogP contribution < -0.4 is 10.6 Å². The van der Waals surface area contributed by atoms with Gasteiger partial charge >= 0.3 is 0 Å². The molecule has 1 atom stereocenters. The molecule has 1 aromatic carbocycles. The highest BCUT2D eigenvalue weighted by atomic mass is 32.2. The highest BCUT2D eigenvalue weighted by molar-refractivity contribution is 7.90. The van der Waals surface area contributed by atoms with E-state index in [-0.39, 0.29) is 10.8 Å². The predicted octanol–water partition coefficient (Wildman–Crippen LogP) is 0.962. The number of carbonyl (C=O) groups is 1. The largest absolute Gasteiger partial charge is 0.352 e. The van der Waals surface area contributed by atoms with Crippen LogP contribution in [0.5, 0.6) is 0 Å². The van der Waals surface area contributed by atoms with Gasteiger partial charge in [0.25, 0.3) is 5.91 Å². The first-order valence-electron chi connectivity index (χ1n) is 6.78. The predicted molar refractivity (Wildman–Crippen MR) is 77.5 cm³/mol. The van der Waals surface area contributed by atoms with E-state index in [1.165, 1.54) is 25.0 Å². The van der Waals surface area contributed by atoms with Gasteiger partial charge in [-0.2, -0.15) is 0 Å². The van der Waals surface area contributed by atoms with E-state index >= 15 is 0 Å². The Morgan fingerprint density at radius 2 is 2.05 bits per heavy atom. The van der Waals surface area contributed by atoms with E-state index in [0.717, 1.165) is 19.2 Å². The Morgan fingerprint density at radius 1 is 1.35 bits per heavy atom. The number of carbonyl (C=O) groups excluding carboxylic acids is 1. The molecule has 1 fully saturated rings. The molecular weight excluding hydrogens is 276 g/mol. The summed E-state index contributed by atoms with van der Waals surface area (Å²) < 4.78 is 22.7. The lowest BCUT2D eigenvalue weighted by atomic mass is 10.1. The second-order valence-electron chi connectivity index (χ2n) is 5.13. The van der Waals surface area contributed by atoms with Crippen molar-refractivity contribution in [1.82, 2.24) is 10.6 Å². The summed E-state index contributed by atoms with van der Waals surface area (Å²) in [6.45, 7) is 1.69. The van der Waals surface area contributed by atoms with E-state index < -0.39 is 9.84 Å². The maximum atomic E-state index is 11.9. The van der Waals surface area contributed by atoms with Gasteiger partial charge in [-0.25, -0.2) is 8.42 Å². The van der Waals surface area contributed by atoms with Crippen molar-refractivity contribution >= 4 is 15.7 Å². The molecule has 1 amide bonds. The Bertz CT molecular complexity index is 561. The fourth-order valence-electron chi connectivity index (χ4n) is 2.32. The van der Waals surface area contributed by atoms with Crippen LogP contribution in [-0.2, 0) is 9.84 Å². The van der Waals surface area contributed by atoms with E-state index in [2.05, 4.69) is 10.6 Å². The van der Waals surface area contributed by atoms with E-state index in [1.807, 2.05) is 0 Å². The molecule has 0 saturated carbocycles. The van der Waals surface area contributed by atoms with Gasteiger partial charge < -0.3 is 10.6 Å². The number of hydrogen-bond acceptors (Lipinski definition) is 4. The van der Waals surface area contributed by atoms with Crippen LogP contribution in [-0.4, -0.2) is 39.7 Å². The average Bonchev–Trinajstić information content (AvgIpc) is 2.91. The Hall–Kier alpha value is -1.40. The molecule has 0 aliphatic carbocycles. The van der Waals surface area contributed by atoms with Crippen LogP contribution in [0.4, 0.5) is 0 Å². The van der Waals surface area contributed by atoms with Gasteiger partial charge in [0.2, 0.25) is 0 Å². The molecule has 20 heavy (non-hydrogen) atoms. The zero-order valence-electron chi connectivity index (χ0n) is 11.6. The quantitative estimate of drug-likeness (QED) is 0.849. The fourth-order valence-corrected chi connectivity index (χ4v) is 2.95. The fraction of sp³-hybridized carbons (Fsp3) is 0.500. The third-order valence-corrected chi connectivity index (χ3v) is 4.61. The minimum absolute atomic E-state index is 0.164. The summed E-state index contributed by atoms with van der Waals surface area (Å²) in [6, 6.07) is 6.51. The van der Waals surface area contributed by atoms with Gasteiger partial charge in [0.1, 0.15) is 0 Å². The summed E-state index contributed by atoms with van der Waals surface area (Å²) in [5.41, 5.74) is 0.483. The first-order chi connectivity index (χ1) is 9.47.